The molecule has 174 valence electrons. The number of carbonyl (C=O) groups excluding carboxylic acids is 2. The van der Waals surface area contributed by atoms with Gasteiger partial charge >= 0.3 is 0 Å². The summed E-state index contributed by atoms with van der Waals surface area (Å²) in [5, 5.41) is 0.908. The van der Waals surface area contributed by atoms with Gasteiger partial charge in [0.05, 0.1) is 8.48 Å². The number of nitrogens with zero attached hydrogens (tertiary/aromatic N) is 1. The molecule has 0 atom stereocenters. The topological polar surface area (TPSA) is 46.6 Å². The average Bonchev–Trinajstić information content (AvgIpc) is 3.07. The number of carbonyl (C=O) groups is 2. The Bertz CT molecular complexity index is 1250. The van der Waals surface area contributed by atoms with Gasteiger partial charge < -0.3 is 4.74 Å². The average molecular weight is 624 g/mol. The fourth-order valence-electron chi connectivity index (χ4n) is 3.45. The summed E-state index contributed by atoms with van der Waals surface area (Å²) in [5.41, 5.74) is 2.86. The zero-order valence-electron chi connectivity index (χ0n) is 18.0. The van der Waals surface area contributed by atoms with Crippen molar-refractivity contribution in [1.29, 1.82) is 0 Å². The number of rotatable bonds is 8. The summed E-state index contributed by atoms with van der Waals surface area (Å²) >= 11 is 15.3. The summed E-state index contributed by atoms with van der Waals surface area (Å²) in [6.07, 6.45) is 3.31. The van der Waals surface area contributed by atoms with Crippen molar-refractivity contribution in [3.05, 3.63) is 102 Å². The highest BCUT2D eigenvalue weighted by Crippen LogP contribution is 2.33. The first-order chi connectivity index (χ1) is 16.4. The lowest BCUT2D eigenvalue weighted by Crippen LogP contribution is -2.29. The maximum absolute atomic E-state index is 12.8. The molecule has 1 saturated heterocycles. The summed E-state index contributed by atoms with van der Waals surface area (Å²) in [7, 11) is 0. The van der Waals surface area contributed by atoms with Crippen molar-refractivity contribution in [3.63, 3.8) is 0 Å². The van der Waals surface area contributed by atoms with E-state index in [1.54, 1.807) is 18.2 Å². The molecular formula is C26H20Cl2INO3S. The van der Waals surface area contributed by atoms with Crippen LogP contribution in [0.4, 0.5) is 4.79 Å². The van der Waals surface area contributed by atoms with Gasteiger partial charge in [0.1, 0.15) is 12.4 Å². The van der Waals surface area contributed by atoms with Crippen molar-refractivity contribution >= 4 is 74.8 Å². The minimum absolute atomic E-state index is 0.223. The maximum atomic E-state index is 12.8. The van der Waals surface area contributed by atoms with E-state index < -0.39 is 0 Å². The van der Waals surface area contributed by atoms with Crippen LogP contribution in [0.3, 0.4) is 0 Å². The van der Waals surface area contributed by atoms with Crippen LogP contribution >= 0.6 is 57.6 Å². The Balaban J connectivity index is 1.37. The van der Waals surface area contributed by atoms with Gasteiger partial charge in [0, 0.05) is 22.2 Å². The Hall–Kier alpha value is -2.00. The lowest BCUT2D eigenvalue weighted by atomic mass is 10.1. The molecule has 1 fully saturated rings. The predicted octanol–water partition coefficient (Wildman–Crippen LogP) is 7.85. The molecule has 0 spiro atoms. The van der Waals surface area contributed by atoms with Crippen LogP contribution in [-0.2, 0) is 17.8 Å². The van der Waals surface area contributed by atoms with E-state index in [1.807, 2.05) is 54.6 Å². The molecule has 0 N–H and O–H groups in total. The molecule has 4 nitrogen and oxygen atoms in total. The first kappa shape index (κ1) is 25.1. The first-order valence-electron chi connectivity index (χ1n) is 10.6. The van der Waals surface area contributed by atoms with E-state index in [2.05, 4.69) is 22.6 Å². The normalized spacial score (nSPS) is 14.8. The van der Waals surface area contributed by atoms with E-state index in [0.717, 1.165) is 39.3 Å². The molecule has 1 aliphatic rings. The zero-order valence-corrected chi connectivity index (χ0v) is 22.5. The predicted molar refractivity (Wildman–Crippen MR) is 147 cm³/mol. The number of amides is 2. The second kappa shape index (κ2) is 11.6. The van der Waals surface area contributed by atoms with Gasteiger partial charge in [-0.05, 0) is 88.7 Å². The van der Waals surface area contributed by atoms with E-state index in [0.29, 0.717) is 33.9 Å². The van der Waals surface area contributed by atoms with Crippen LogP contribution in [0.2, 0.25) is 10.0 Å². The van der Waals surface area contributed by atoms with Crippen LogP contribution in [-0.4, -0.2) is 22.6 Å². The van der Waals surface area contributed by atoms with Crippen molar-refractivity contribution in [1.82, 2.24) is 4.90 Å². The molecule has 1 heterocycles. The zero-order chi connectivity index (χ0) is 24.1. The number of aryl methyl sites for hydroxylation is 1. The Morgan fingerprint density at radius 3 is 2.53 bits per heavy atom. The third kappa shape index (κ3) is 6.36. The summed E-state index contributed by atoms with van der Waals surface area (Å²) in [6.45, 7) is 0.724. The number of hydrogen-bond acceptors (Lipinski definition) is 4. The van der Waals surface area contributed by atoms with Gasteiger partial charge in [-0.15, -0.1) is 0 Å². The molecule has 3 aromatic rings. The number of halogens is 3. The molecule has 3 aromatic carbocycles. The molecule has 0 aliphatic carbocycles. The SMILES string of the molecule is O=C1S/C(=C/c2ccc(OCc3ccc(Cl)cc3Cl)c(I)c2)C(=O)N1CCCc1ccccc1. The number of benzene rings is 3. The van der Waals surface area contributed by atoms with Crippen LogP contribution < -0.4 is 4.74 Å². The van der Waals surface area contributed by atoms with Crippen LogP contribution in [0.5, 0.6) is 5.75 Å². The maximum Gasteiger partial charge on any atom is 0.293 e. The van der Waals surface area contributed by atoms with Crippen LogP contribution in [0, 0.1) is 3.57 Å². The third-order valence-corrected chi connectivity index (χ3v) is 7.55. The van der Waals surface area contributed by atoms with Crippen molar-refractivity contribution in [2.24, 2.45) is 0 Å². The third-order valence-electron chi connectivity index (χ3n) is 5.22. The molecule has 0 bridgehead atoms. The van der Waals surface area contributed by atoms with E-state index in [-0.39, 0.29) is 11.1 Å². The quantitative estimate of drug-likeness (QED) is 0.189. The van der Waals surface area contributed by atoms with Crippen molar-refractivity contribution in [2.45, 2.75) is 19.4 Å². The molecule has 4 rings (SSSR count). The van der Waals surface area contributed by atoms with Crippen molar-refractivity contribution < 1.29 is 14.3 Å². The standard InChI is InChI=1S/C26H20Cl2INO3S/c27-20-10-9-19(21(28)15-20)16-33-23-11-8-18(13-22(23)29)14-24-25(31)30(26(32)34-24)12-4-7-17-5-2-1-3-6-17/h1-3,5-6,8-11,13-15H,4,7,12,16H2/b24-14+. The lowest BCUT2D eigenvalue weighted by Gasteiger charge is -2.12. The summed E-state index contributed by atoms with van der Waals surface area (Å²) < 4.78 is 6.80. The molecule has 0 saturated carbocycles. The highest BCUT2D eigenvalue weighted by molar-refractivity contribution is 14.1. The van der Waals surface area contributed by atoms with Crippen molar-refractivity contribution in [2.75, 3.05) is 6.54 Å². The molecule has 0 radical (unpaired) electrons. The van der Waals surface area contributed by atoms with Crippen LogP contribution in [0.15, 0.2) is 71.6 Å². The minimum Gasteiger partial charge on any atom is -0.488 e. The first-order valence-corrected chi connectivity index (χ1v) is 13.2. The van der Waals surface area contributed by atoms with Gasteiger partial charge in [0.15, 0.2) is 0 Å². The largest absolute Gasteiger partial charge is 0.488 e. The van der Waals surface area contributed by atoms with E-state index >= 15 is 0 Å². The number of imide groups is 1. The van der Waals surface area contributed by atoms with Gasteiger partial charge in [0.2, 0.25) is 0 Å². The summed E-state index contributed by atoms with van der Waals surface area (Å²) in [5.74, 6) is 0.466. The van der Waals surface area contributed by atoms with E-state index in [9.17, 15) is 9.59 Å². The number of thioether (sulfide) groups is 1. The lowest BCUT2D eigenvalue weighted by molar-refractivity contribution is -0.122. The van der Waals surface area contributed by atoms with Crippen LogP contribution in [0.1, 0.15) is 23.1 Å². The van der Waals surface area contributed by atoms with Crippen molar-refractivity contribution in [3.8, 4) is 5.75 Å². The number of hydrogen-bond donors (Lipinski definition) is 0. The van der Waals surface area contributed by atoms with E-state index in [4.69, 9.17) is 27.9 Å². The van der Waals surface area contributed by atoms with Gasteiger partial charge in [0.25, 0.3) is 11.1 Å². The van der Waals surface area contributed by atoms with Gasteiger partial charge in [-0.1, -0.05) is 65.7 Å². The highest BCUT2D eigenvalue weighted by Gasteiger charge is 2.34. The van der Waals surface area contributed by atoms with Gasteiger partial charge in [-0.3, -0.25) is 14.5 Å². The summed E-state index contributed by atoms with van der Waals surface area (Å²) in [6, 6.07) is 21.0. The Kier molecular flexibility index (Phi) is 8.58. The highest BCUT2D eigenvalue weighted by atomic mass is 127. The Morgan fingerprint density at radius 1 is 1.00 bits per heavy atom. The van der Waals surface area contributed by atoms with Crippen LogP contribution in [0.25, 0.3) is 6.08 Å². The molecule has 34 heavy (non-hydrogen) atoms. The Morgan fingerprint density at radius 2 is 1.79 bits per heavy atom. The molecule has 8 heteroatoms. The fraction of sp³-hybridized carbons (Fsp3) is 0.154. The molecular weight excluding hydrogens is 604 g/mol. The number of ether oxygens (including phenoxy) is 1. The molecule has 0 unspecified atom stereocenters. The minimum atomic E-state index is -0.240. The summed E-state index contributed by atoms with van der Waals surface area (Å²) in [4.78, 5) is 27.0. The molecule has 0 aromatic heterocycles. The second-order valence-electron chi connectivity index (χ2n) is 7.64. The smallest absolute Gasteiger partial charge is 0.293 e. The van der Waals surface area contributed by atoms with Gasteiger partial charge in [-0.25, -0.2) is 0 Å². The Labute approximate surface area is 226 Å². The van der Waals surface area contributed by atoms with E-state index in [1.165, 1.54) is 10.5 Å². The fourth-order valence-corrected chi connectivity index (χ4v) is 5.47. The molecule has 1 aliphatic heterocycles. The molecule has 2 amide bonds. The monoisotopic (exact) mass is 623 g/mol. The second-order valence-corrected chi connectivity index (χ2v) is 10.6. The van der Waals surface area contributed by atoms with Gasteiger partial charge in [-0.2, -0.15) is 0 Å².